The minimum absolute atomic E-state index is 0.121. The number of hydrogen-bond acceptors (Lipinski definition) is 5. The molecule has 1 saturated heterocycles. The number of benzene rings is 5. The van der Waals surface area contributed by atoms with Gasteiger partial charge in [-0.1, -0.05) is 96.5 Å². The molecule has 2 amide bonds. The maximum Gasteiger partial charge on any atom is 0.271 e. The minimum atomic E-state index is -1.08. The Morgan fingerprint density at radius 2 is 1.47 bits per heavy atom. The van der Waals surface area contributed by atoms with Crippen molar-refractivity contribution in [3.63, 3.8) is 0 Å². The van der Waals surface area contributed by atoms with E-state index in [-0.39, 0.29) is 28.4 Å². The topological polar surface area (TPSA) is 92.9 Å². The predicted octanol–water partition coefficient (Wildman–Crippen LogP) is 7.35. The molecule has 2 bridgehead atoms. The van der Waals surface area contributed by atoms with Gasteiger partial charge < -0.3 is 0 Å². The van der Waals surface area contributed by atoms with E-state index >= 15 is 0 Å². The minimum Gasteiger partial charge on any atom is -0.274 e. The van der Waals surface area contributed by atoms with Crippen LogP contribution >= 0.6 is 11.6 Å². The van der Waals surface area contributed by atoms with Gasteiger partial charge in [-0.3, -0.25) is 24.7 Å². The monoisotopic (exact) mass is 583 g/mol. The first kappa shape index (κ1) is 25.6. The van der Waals surface area contributed by atoms with Crippen LogP contribution in [0.3, 0.4) is 0 Å². The third kappa shape index (κ3) is 3.40. The van der Waals surface area contributed by atoms with Crippen molar-refractivity contribution in [3.05, 3.63) is 147 Å². The summed E-state index contributed by atoms with van der Waals surface area (Å²) in [5.41, 5.74) is 3.51. The van der Waals surface area contributed by atoms with Gasteiger partial charge >= 0.3 is 0 Å². The molecule has 1 fully saturated rings. The van der Waals surface area contributed by atoms with Crippen LogP contribution in [0.4, 0.5) is 17.1 Å². The Kier molecular flexibility index (Phi) is 5.46. The van der Waals surface area contributed by atoms with E-state index in [1.165, 1.54) is 23.1 Å². The quantitative estimate of drug-likeness (QED) is 0.0956. The Bertz CT molecular complexity index is 2020. The van der Waals surface area contributed by atoms with E-state index in [2.05, 4.69) is 0 Å². The van der Waals surface area contributed by atoms with E-state index in [9.17, 15) is 19.7 Å². The average molecular weight is 584 g/mol. The van der Waals surface area contributed by atoms with Crippen LogP contribution < -0.4 is 4.90 Å². The average Bonchev–Trinajstić information content (AvgIpc) is 3.30. The van der Waals surface area contributed by atoms with Gasteiger partial charge in [-0.05, 0) is 39.8 Å². The zero-order valence-electron chi connectivity index (χ0n) is 22.6. The predicted molar refractivity (Wildman–Crippen MR) is 165 cm³/mol. The fourth-order valence-corrected chi connectivity index (χ4v) is 7.80. The number of carbonyl (C=O) groups excluding carboxylic acids is 2. The number of nitro groups is 1. The van der Waals surface area contributed by atoms with E-state index in [4.69, 9.17) is 16.6 Å². The van der Waals surface area contributed by atoms with E-state index in [0.717, 1.165) is 33.0 Å². The standard InChI is InChI=1S/C35H22ClN3O4/c36-27-18-21(39(42)43)16-17-28(27)37-19-35-25-13-5-3-11-23(25)30(24-12-4-6-14-26(24)35)31-32(35)34(41)38(33(31)40)29-15-7-9-20-8-1-2-10-22(20)29/h1-19,30-32H/t30?,31-,32+,35?/m0/s1. The lowest BCUT2D eigenvalue weighted by Gasteiger charge is -2.52. The van der Waals surface area contributed by atoms with Gasteiger partial charge in [-0.2, -0.15) is 0 Å². The number of anilines is 1. The smallest absolute Gasteiger partial charge is 0.271 e. The molecule has 2 atom stereocenters. The molecule has 208 valence electrons. The molecule has 9 rings (SSSR count). The van der Waals surface area contributed by atoms with Crippen molar-refractivity contribution in [3.8, 4) is 0 Å². The Balaban J connectivity index is 1.38. The summed E-state index contributed by atoms with van der Waals surface area (Å²) in [5, 5.41) is 13.2. The summed E-state index contributed by atoms with van der Waals surface area (Å²) >= 11 is 6.46. The van der Waals surface area contributed by atoms with Crippen LogP contribution in [0.25, 0.3) is 10.8 Å². The molecule has 0 spiro atoms. The van der Waals surface area contributed by atoms with E-state index in [1.54, 1.807) is 6.21 Å². The van der Waals surface area contributed by atoms with Gasteiger partial charge in [0.05, 0.1) is 38.6 Å². The van der Waals surface area contributed by atoms with Crippen LogP contribution in [0.2, 0.25) is 5.02 Å². The van der Waals surface area contributed by atoms with Crippen LogP contribution in [0.5, 0.6) is 0 Å². The lowest BCUT2D eigenvalue weighted by molar-refractivity contribution is -0.384. The number of halogens is 1. The molecular weight excluding hydrogens is 562 g/mol. The van der Waals surface area contributed by atoms with Gasteiger partial charge in [0, 0.05) is 29.7 Å². The number of non-ortho nitro benzene ring substituents is 1. The second-order valence-corrected chi connectivity index (χ2v) is 11.6. The molecule has 5 aromatic rings. The van der Waals surface area contributed by atoms with Crippen LogP contribution in [-0.2, 0) is 15.0 Å². The van der Waals surface area contributed by atoms with Crippen LogP contribution in [0.15, 0.2) is 114 Å². The van der Waals surface area contributed by atoms with Crippen molar-refractivity contribution < 1.29 is 14.5 Å². The van der Waals surface area contributed by atoms with Gasteiger partial charge in [0.1, 0.15) is 0 Å². The highest BCUT2D eigenvalue weighted by Crippen LogP contribution is 2.64. The third-order valence-electron chi connectivity index (χ3n) is 9.24. The number of aliphatic imine (C=N–C) groups is 1. The van der Waals surface area contributed by atoms with Crippen LogP contribution in [0.1, 0.15) is 28.2 Å². The Hall–Kier alpha value is -5.14. The van der Waals surface area contributed by atoms with Gasteiger partial charge in [0.15, 0.2) is 0 Å². The molecule has 5 aromatic carbocycles. The molecule has 0 N–H and O–H groups in total. The Morgan fingerprint density at radius 3 is 2.16 bits per heavy atom. The Labute approximate surface area is 251 Å². The molecule has 43 heavy (non-hydrogen) atoms. The lowest BCUT2D eigenvalue weighted by atomic mass is 9.47. The molecule has 0 aromatic heterocycles. The molecule has 8 heteroatoms. The fraction of sp³-hybridized carbons (Fsp3) is 0.114. The summed E-state index contributed by atoms with van der Waals surface area (Å²) in [6, 6.07) is 33.4. The van der Waals surface area contributed by atoms with E-state index < -0.39 is 22.2 Å². The highest BCUT2D eigenvalue weighted by atomic mass is 35.5. The molecule has 3 aliphatic carbocycles. The molecule has 4 aliphatic rings. The summed E-state index contributed by atoms with van der Waals surface area (Å²) in [6.07, 6.45) is 1.74. The molecule has 0 radical (unpaired) electrons. The number of nitro benzene ring substituents is 1. The second kappa shape index (κ2) is 9.18. The third-order valence-corrected chi connectivity index (χ3v) is 9.54. The summed E-state index contributed by atoms with van der Waals surface area (Å²) in [6.45, 7) is 0. The largest absolute Gasteiger partial charge is 0.274 e. The highest BCUT2D eigenvalue weighted by molar-refractivity contribution is 6.33. The zero-order valence-corrected chi connectivity index (χ0v) is 23.3. The molecule has 7 nitrogen and oxygen atoms in total. The van der Waals surface area contributed by atoms with Crippen LogP contribution in [0, 0.1) is 22.0 Å². The van der Waals surface area contributed by atoms with Crippen molar-refractivity contribution in [1.82, 2.24) is 0 Å². The van der Waals surface area contributed by atoms with Gasteiger partial charge in [0.25, 0.3) is 5.69 Å². The first-order chi connectivity index (χ1) is 20.9. The molecule has 0 saturated carbocycles. The number of fused-ring (bicyclic) bond motifs is 1. The van der Waals surface area contributed by atoms with Crippen molar-refractivity contribution in [2.45, 2.75) is 11.3 Å². The first-order valence-electron chi connectivity index (χ1n) is 14.0. The maximum atomic E-state index is 14.7. The number of nitrogens with zero attached hydrogens (tertiary/aromatic N) is 3. The number of carbonyl (C=O) groups is 2. The van der Waals surface area contributed by atoms with Crippen molar-refractivity contribution in [1.29, 1.82) is 0 Å². The number of imide groups is 1. The normalized spacial score (nSPS) is 23.5. The Morgan fingerprint density at radius 1 is 0.814 bits per heavy atom. The summed E-state index contributed by atoms with van der Waals surface area (Å²) in [5.74, 6) is -2.20. The SMILES string of the molecule is O=C1[C@H]2C3c4ccccc4C(C=Nc4ccc([N+](=O)[O-])cc4Cl)(c4ccccc43)[C@H]2C(=O)N1c1cccc2ccccc12. The maximum absolute atomic E-state index is 14.7. The highest BCUT2D eigenvalue weighted by Gasteiger charge is 2.68. The number of rotatable bonds is 4. The summed E-state index contributed by atoms with van der Waals surface area (Å²) < 4.78 is 0. The summed E-state index contributed by atoms with van der Waals surface area (Å²) in [7, 11) is 0. The first-order valence-corrected chi connectivity index (χ1v) is 14.3. The fourth-order valence-electron chi connectivity index (χ4n) is 7.58. The van der Waals surface area contributed by atoms with Crippen molar-refractivity contribution in [2.75, 3.05) is 4.90 Å². The van der Waals surface area contributed by atoms with Gasteiger partial charge in [-0.15, -0.1) is 0 Å². The molecule has 1 heterocycles. The van der Waals surface area contributed by atoms with Crippen LogP contribution in [-0.4, -0.2) is 23.0 Å². The summed E-state index contributed by atoms with van der Waals surface area (Å²) in [4.78, 5) is 46.3. The zero-order chi connectivity index (χ0) is 29.5. The van der Waals surface area contributed by atoms with Crippen molar-refractivity contribution >= 4 is 57.5 Å². The van der Waals surface area contributed by atoms with Gasteiger partial charge in [-0.25, -0.2) is 4.90 Å². The van der Waals surface area contributed by atoms with E-state index in [1.807, 2.05) is 91.0 Å². The number of amides is 2. The molecule has 1 aliphatic heterocycles. The molecular formula is C35H22ClN3O4. The molecule has 0 unspecified atom stereocenters. The van der Waals surface area contributed by atoms with E-state index in [0.29, 0.717) is 11.4 Å². The van der Waals surface area contributed by atoms with Gasteiger partial charge in [0.2, 0.25) is 11.8 Å². The second-order valence-electron chi connectivity index (χ2n) is 11.2. The van der Waals surface area contributed by atoms with Crippen molar-refractivity contribution in [2.24, 2.45) is 16.8 Å². The number of hydrogen-bond donors (Lipinski definition) is 0. The lowest BCUT2D eigenvalue weighted by Crippen LogP contribution is -2.54.